The van der Waals surface area contributed by atoms with Crippen molar-refractivity contribution in [1.82, 2.24) is 4.98 Å². The van der Waals surface area contributed by atoms with Gasteiger partial charge in [0.2, 0.25) is 5.75 Å². The maximum atomic E-state index is 12.0. The quantitative estimate of drug-likeness (QED) is 0.791. The first-order chi connectivity index (χ1) is 11.7. The van der Waals surface area contributed by atoms with Gasteiger partial charge in [0, 0.05) is 0 Å². The number of methoxy groups -OCH3 is 3. The third-order valence-corrected chi connectivity index (χ3v) is 3.69. The number of nitrogens with zero attached hydrogens (tertiary/aromatic N) is 1. The average Bonchev–Trinajstić information content (AvgIpc) is 3.08. The van der Waals surface area contributed by atoms with Gasteiger partial charge in [-0.15, -0.1) is 0 Å². The lowest BCUT2D eigenvalue weighted by Crippen LogP contribution is -2.11. The second kappa shape index (κ2) is 6.01. The maximum absolute atomic E-state index is 12.0. The molecule has 7 heteroatoms. The van der Waals surface area contributed by atoms with Crippen LogP contribution in [0.25, 0.3) is 22.2 Å². The average molecular weight is 326 g/mol. The molecule has 0 spiro atoms. The van der Waals surface area contributed by atoms with Crippen LogP contribution in [0, 0.1) is 11.3 Å². The van der Waals surface area contributed by atoms with Gasteiger partial charge in [-0.25, -0.2) is 0 Å². The van der Waals surface area contributed by atoms with Crippen LogP contribution in [0.2, 0.25) is 0 Å². The number of hydrogen-bond donors (Lipinski definition) is 1. The van der Waals surface area contributed by atoms with E-state index in [1.54, 1.807) is 12.1 Å². The van der Waals surface area contributed by atoms with E-state index in [4.69, 9.17) is 23.9 Å². The summed E-state index contributed by atoms with van der Waals surface area (Å²) in [6, 6.07) is 6.63. The molecule has 0 fully saturated rings. The number of rotatable bonds is 4. The lowest BCUT2D eigenvalue weighted by atomic mass is 10.0. The first kappa shape index (κ1) is 15.5. The van der Waals surface area contributed by atoms with Crippen molar-refractivity contribution in [2.24, 2.45) is 0 Å². The molecule has 0 amide bonds. The van der Waals surface area contributed by atoms with Gasteiger partial charge in [-0.2, -0.15) is 5.26 Å². The van der Waals surface area contributed by atoms with Crippen molar-refractivity contribution in [3.63, 3.8) is 0 Å². The number of aromatic amines is 1. The highest BCUT2D eigenvalue weighted by molar-refractivity contribution is 6.00. The Bertz CT molecular complexity index is 1010. The summed E-state index contributed by atoms with van der Waals surface area (Å²) in [6.45, 7) is 0. The number of benzene rings is 1. The highest BCUT2D eigenvalue weighted by atomic mass is 16.5. The van der Waals surface area contributed by atoms with Crippen LogP contribution in [0.15, 0.2) is 33.7 Å². The third kappa shape index (κ3) is 2.16. The van der Waals surface area contributed by atoms with E-state index in [0.29, 0.717) is 39.5 Å². The van der Waals surface area contributed by atoms with Crippen LogP contribution in [-0.2, 0) is 0 Å². The van der Waals surface area contributed by atoms with Gasteiger partial charge in [0.25, 0.3) is 5.56 Å². The van der Waals surface area contributed by atoms with Gasteiger partial charge in [-0.3, -0.25) is 4.79 Å². The van der Waals surface area contributed by atoms with Gasteiger partial charge in [0.05, 0.1) is 44.2 Å². The van der Waals surface area contributed by atoms with Crippen molar-refractivity contribution < 1.29 is 18.6 Å². The van der Waals surface area contributed by atoms with E-state index >= 15 is 0 Å². The van der Waals surface area contributed by atoms with E-state index < -0.39 is 5.56 Å². The molecule has 0 radical (unpaired) electrons. The SMILES string of the molecule is COc1c(-c2ccc(C#N)c(=O)[nH]2)c(OC)c2ccoc2c1OC. The molecule has 0 aliphatic heterocycles. The normalized spacial score (nSPS) is 10.4. The number of nitriles is 1. The lowest BCUT2D eigenvalue weighted by molar-refractivity contribution is 0.350. The second-order valence-electron chi connectivity index (χ2n) is 4.86. The minimum Gasteiger partial charge on any atom is -0.495 e. The van der Waals surface area contributed by atoms with E-state index in [9.17, 15) is 4.79 Å². The second-order valence-corrected chi connectivity index (χ2v) is 4.86. The monoisotopic (exact) mass is 326 g/mol. The van der Waals surface area contributed by atoms with Crippen LogP contribution in [-0.4, -0.2) is 26.3 Å². The van der Waals surface area contributed by atoms with Crippen molar-refractivity contribution in [2.75, 3.05) is 21.3 Å². The van der Waals surface area contributed by atoms with E-state index in [0.717, 1.165) is 0 Å². The number of fused-ring (bicyclic) bond motifs is 1. The van der Waals surface area contributed by atoms with Crippen molar-refractivity contribution in [2.45, 2.75) is 0 Å². The van der Waals surface area contributed by atoms with Crippen molar-refractivity contribution in [1.29, 1.82) is 5.26 Å². The molecule has 1 N–H and O–H groups in total. The van der Waals surface area contributed by atoms with E-state index in [1.165, 1.54) is 33.7 Å². The Labute approximate surface area is 137 Å². The molecule has 0 bridgehead atoms. The molecule has 0 aliphatic rings. The molecule has 2 heterocycles. The zero-order valence-electron chi connectivity index (χ0n) is 13.3. The van der Waals surface area contributed by atoms with Gasteiger partial charge in [-0.05, 0) is 18.2 Å². The molecule has 2 aromatic heterocycles. The molecular formula is C17H14N2O5. The predicted molar refractivity (Wildman–Crippen MR) is 86.6 cm³/mol. The minimum atomic E-state index is -0.495. The molecule has 3 rings (SSSR count). The zero-order chi connectivity index (χ0) is 17.3. The summed E-state index contributed by atoms with van der Waals surface area (Å²) in [5, 5.41) is 9.60. The molecule has 24 heavy (non-hydrogen) atoms. The molecule has 122 valence electrons. The summed E-state index contributed by atoms with van der Waals surface area (Å²) in [6.07, 6.45) is 1.51. The van der Waals surface area contributed by atoms with E-state index in [-0.39, 0.29) is 5.56 Å². The summed E-state index contributed by atoms with van der Waals surface area (Å²) in [5.41, 5.74) is 0.950. The van der Waals surface area contributed by atoms with Crippen molar-refractivity contribution in [3.05, 3.63) is 40.4 Å². The largest absolute Gasteiger partial charge is 0.495 e. The Morgan fingerprint density at radius 1 is 1.04 bits per heavy atom. The van der Waals surface area contributed by atoms with Crippen molar-refractivity contribution >= 4 is 11.0 Å². The molecule has 7 nitrogen and oxygen atoms in total. The van der Waals surface area contributed by atoms with Gasteiger partial charge in [-0.1, -0.05) is 0 Å². The summed E-state index contributed by atoms with van der Waals surface area (Å²) in [4.78, 5) is 14.7. The number of furan rings is 1. The molecule has 0 aliphatic carbocycles. The first-order valence-electron chi connectivity index (χ1n) is 6.99. The number of hydrogen-bond acceptors (Lipinski definition) is 6. The predicted octanol–water partition coefficient (Wildman–Crippen LogP) is 2.69. The Hall–Kier alpha value is -3.40. The van der Waals surface area contributed by atoms with Crippen LogP contribution < -0.4 is 19.8 Å². The van der Waals surface area contributed by atoms with Gasteiger partial charge in [0.15, 0.2) is 11.3 Å². The van der Waals surface area contributed by atoms with Crippen molar-refractivity contribution in [3.8, 4) is 34.6 Å². The fourth-order valence-corrected chi connectivity index (χ4v) is 2.66. The van der Waals surface area contributed by atoms with Gasteiger partial charge in [0.1, 0.15) is 17.4 Å². The van der Waals surface area contributed by atoms with Crippen LogP contribution in [0.4, 0.5) is 0 Å². The molecule has 0 atom stereocenters. The summed E-state index contributed by atoms with van der Waals surface area (Å²) in [7, 11) is 4.49. The van der Waals surface area contributed by atoms with Gasteiger partial charge >= 0.3 is 0 Å². The number of nitrogens with one attached hydrogen (secondary N) is 1. The Morgan fingerprint density at radius 2 is 1.75 bits per heavy atom. The van der Waals surface area contributed by atoms with Crippen LogP contribution in [0.5, 0.6) is 17.2 Å². The first-order valence-corrected chi connectivity index (χ1v) is 6.99. The smallest absolute Gasteiger partial charge is 0.266 e. The Morgan fingerprint density at radius 3 is 2.33 bits per heavy atom. The standard InChI is InChI=1S/C17H14N2O5/c1-21-13-10-6-7-24-14(10)16(23-3)15(22-2)12(13)11-5-4-9(8-18)17(20)19-11/h4-7H,1-3H3,(H,19,20). The highest BCUT2D eigenvalue weighted by Crippen LogP contribution is 2.50. The molecule has 0 saturated carbocycles. The highest BCUT2D eigenvalue weighted by Gasteiger charge is 2.25. The molecule has 1 aromatic carbocycles. The summed E-state index contributed by atoms with van der Waals surface area (Å²) >= 11 is 0. The van der Waals surface area contributed by atoms with Crippen LogP contribution in [0.3, 0.4) is 0 Å². The molecule has 0 unspecified atom stereocenters. The molecule has 0 saturated heterocycles. The lowest BCUT2D eigenvalue weighted by Gasteiger charge is -2.17. The molecule has 3 aromatic rings. The third-order valence-electron chi connectivity index (χ3n) is 3.69. The maximum Gasteiger partial charge on any atom is 0.266 e. The fraction of sp³-hybridized carbons (Fsp3) is 0.176. The van der Waals surface area contributed by atoms with E-state index in [2.05, 4.69) is 4.98 Å². The van der Waals surface area contributed by atoms with Crippen LogP contribution >= 0.6 is 0 Å². The Kier molecular flexibility index (Phi) is 3.88. The summed E-state index contributed by atoms with van der Waals surface area (Å²) in [5.74, 6) is 1.22. The number of pyridine rings is 1. The zero-order valence-corrected chi connectivity index (χ0v) is 13.3. The minimum absolute atomic E-state index is 0.0213. The number of H-pyrrole nitrogens is 1. The summed E-state index contributed by atoms with van der Waals surface area (Å²) < 4.78 is 21.9. The fourth-order valence-electron chi connectivity index (χ4n) is 2.66. The topological polar surface area (TPSA) is 97.5 Å². The number of aromatic nitrogens is 1. The van der Waals surface area contributed by atoms with E-state index in [1.807, 2.05) is 6.07 Å². The Balaban J connectivity index is 2.44. The van der Waals surface area contributed by atoms with Crippen LogP contribution in [0.1, 0.15) is 5.56 Å². The number of ether oxygens (including phenoxy) is 3. The van der Waals surface area contributed by atoms with Gasteiger partial charge < -0.3 is 23.6 Å². The molecular weight excluding hydrogens is 312 g/mol.